The minimum atomic E-state index is -4.14. The van der Waals surface area contributed by atoms with Crippen LogP contribution in [0.5, 0.6) is 0 Å². The first-order chi connectivity index (χ1) is 19.3. The molecule has 40 heavy (non-hydrogen) atoms. The third kappa shape index (κ3) is 6.93. The number of amides is 1. The number of anilines is 1. The van der Waals surface area contributed by atoms with Gasteiger partial charge in [-0.3, -0.25) is 4.84 Å². The number of fused-ring (bicyclic) bond motifs is 1. The lowest BCUT2D eigenvalue weighted by Crippen LogP contribution is -2.51. The van der Waals surface area contributed by atoms with Gasteiger partial charge < -0.3 is 30.4 Å². The van der Waals surface area contributed by atoms with Crippen LogP contribution in [0.1, 0.15) is 37.7 Å². The number of hydrogen-bond acceptors (Lipinski definition) is 9. The molecule has 2 aromatic carbocycles. The molecule has 1 aliphatic carbocycles. The van der Waals surface area contributed by atoms with Gasteiger partial charge in [-0.05, 0) is 55.5 Å². The second kappa shape index (κ2) is 12.8. The first-order valence-electron chi connectivity index (χ1n) is 13.8. The Balaban J connectivity index is 1.33. The molecule has 2 heterocycles. The van der Waals surface area contributed by atoms with Crippen LogP contribution >= 0.6 is 0 Å². The van der Waals surface area contributed by atoms with E-state index in [1.807, 2.05) is 30.3 Å². The summed E-state index contributed by atoms with van der Waals surface area (Å²) >= 11 is 0. The van der Waals surface area contributed by atoms with Gasteiger partial charge in [0, 0.05) is 5.69 Å². The molecule has 2 saturated heterocycles. The van der Waals surface area contributed by atoms with E-state index < -0.39 is 40.9 Å². The first kappa shape index (κ1) is 28.8. The number of sulfonamides is 1. The van der Waals surface area contributed by atoms with E-state index in [0.717, 1.165) is 42.1 Å². The molecule has 1 saturated carbocycles. The van der Waals surface area contributed by atoms with Gasteiger partial charge in [0.2, 0.25) is 0 Å². The quantitative estimate of drug-likeness (QED) is 0.271. The highest BCUT2D eigenvalue weighted by Crippen LogP contribution is 2.33. The van der Waals surface area contributed by atoms with Crippen molar-refractivity contribution in [2.75, 3.05) is 25.5 Å². The van der Waals surface area contributed by atoms with Gasteiger partial charge in [-0.2, -0.15) is 0 Å². The van der Waals surface area contributed by atoms with Crippen LogP contribution < -0.4 is 11.1 Å². The number of aliphatic hydroxyl groups excluding tert-OH is 1. The largest absolute Gasteiger partial charge is 0.443 e. The number of hydrogen-bond donors (Lipinski definition) is 3. The standard InChI is InChI=1S/C28H37N3O8S/c29-20-10-12-22(13-11-20)40(34,35)31(39-21-8-4-5-9-21)17-25(32)24(16-19-6-2-1-3-7-19)30-28(33)38-26-18-37-27-23(26)14-15-36-27/h1-3,6-7,10-13,21,23-27,32H,4-5,8-9,14-18,29H2,(H,30,33)/t23-,24+,25-,26-,27+/m1/s1. The van der Waals surface area contributed by atoms with Gasteiger partial charge in [0.1, 0.15) is 6.10 Å². The molecule has 4 N–H and O–H groups in total. The SMILES string of the molecule is Nc1ccc(S(=O)(=O)N(C[C@@H](O)[C@H](Cc2ccccc2)NC(=O)O[C@@H]2CO[C@@H]3OCC[C@@H]32)OC2CCCC2)cc1. The van der Waals surface area contributed by atoms with Crippen LogP contribution in [-0.4, -0.2) is 74.5 Å². The molecule has 3 aliphatic rings. The Kier molecular flexibility index (Phi) is 9.24. The molecule has 5 rings (SSSR count). The summed E-state index contributed by atoms with van der Waals surface area (Å²) in [6, 6.07) is 14.3. The zero-order valence-corrected chi connectivity index (χ0v) is 23.1. The van der Waals surface area contributed by atoms with Crippen LogP contribution in [0, 0.1) is 5.92 Å². The Morgan fingerprint density at radius 3 is 2.52 bits per heavy atom. The second-order valence-electron chi connectivity index (χ2n) is 10.5. The Labute approximate surface area is 234 Å². The van der Waals surface area contributed by atoms with Crippen LogP contribution in [0.15, 0.2) is 59.5 Å². The van der Waals surface area contributed by atoms with E-state index in [9.17, 15) is 18.3 Å². The molecule has 0 radical (unpaired) electrons. The van der Waals surface area contributed by atoms with Crippen LogP contribution in [-0.2, 0) is 35.5 Å². The highest BCUT2D eigenvalue weighted by Gasteiger charge is 2.44. The molecule has 12 heteroatoms. The van der Waals surface area contributed by atoms with Gasteiger partial charge in [-0.1, -0.05) is 47.6 Å². The van der Waals surface area contributed by atoms with E-state index in [-0.39, 0.29) is 36.2 Å². The fraction of sp³-hybridized carbons (Fsp3) is 0.536. The van der Waals surface area contributed by atoms with Crippen LogP contribution in [0.3, 0.4) is 0 Å². The number of nitrogen functional groups attached to an aromatic ring is 1. The first-order valence-corrected chi connectivity index (χ1v) is 15.2. The van der Waals surface area contributed by atoms with Crippen LogP contribution in [0.2, 0.25) is 0 Å². The van der Waals surface area contributed by atoms with Crippen molar-refractivity contribution in [3.8, 4) is 0 Å². The van der Waals surface area contributed by atoms with E-state index >= 15 is 0 Å². The number of ether oxygens (including phenoxy) is 3. The number of carbonyl (C=O) groups excluding carboxylic acids is 1. The normalized spacial score (nSPS) is 24.6. The van der Waals surface area contributed by atoms with Gasteiger partial charge in [-0.15, -0.1) is 0 Å². The van der Waals surface area contributed by atoms with Crippen LogP contribution in [0.25, 0.3) is 0 Å². The van der Waals surface area contributed by atoms with Crippen molar-refractivity contribution < 1.29 is 37.4 Å². The number of nitrogens with zero attached hydrogens (tertiary/aromatic N) is 1. The number of benzene rings is 2. The maximum atomic E-state index is 13.6. The second-order valence-corrected chi connectivity index (χ2v) is 12.4. The molecule has 218 valence electrons. The molecule has 0 unspecified atom stereocenters. The van der Waals surface area contributed by atoms with Crippen molar-refractivity contribution in [1.82, 2.24) is 9.79 Å². The van der Waals surface area contributed by atoms with Crippen molar-refractivity contribution in [2.24, 2.45) is 5.92 Å². The highest BCUT2D eigenvalue weighted by molar-refractivity contribution is 7.89. The Morgan fingerprint density at radius 1 is 1.07 bits per heavy atom. The summed E-state index contributed by atoms with van der Waals surface area (Å²) in [5.74, 6) is -0.0383. The van der Waals surface area contributed by atoms with E-state index in [1.165, 1.54) is 24.3 Å². The summed E-state index contributed by atoms with van der Waals surface area (Å²) in [5, 5.41) is 14.2. The van der Waals surface area contributed by atoms with Gasteiger partial charge in [0.25, 0.3) is 10.0 Å². The number of aliphatic hydroxyl groups is 1. The molecule has 11 nitrogen and oxygen atoms in total. The summed E-state index contributed by atoms with van der Waals surface area (Å²) in [5.41, 5.74) is 7.04. The number of nitrogens with two attached hydrogens (primary N) is 1. The van der Waals surface area contributed by atoms with Crippen molar-refractivity contribution in [3.05, 3.63) is 60.2 Å². The molecule has 0 spiro atoms. The average molecular weight is 576 g/mol. The van der Waals surface area contributed by atoms with E-state index in [2.05, 4.69) is 5.32 Å². The molecular formula is C28H37N3O8S. The topological polar surface area (TPSA) is 150 Å². The Morgan fingerprint density at radius 2 is 1.80 bits per heavy atom. The fourth-order valence-corrected chi connectivity index (χ4v) is 6.72. The summed E-state index contributed by atoms with van der Waals surface area (Å²) in [6.45, 7) is 0.384. The third-order valence-electron chi connectivity index (χ3n) is 7.66. The zero-order valence-electron chi connectivity index (χ0n) is 22.3. The fourth-order valence-electron chi connectivity index (χ4n) is 5.42. The van der Waals surface area contributed by atoms with E-state index in [0.29, 0.717) is 12.3 Å². The van der Waals surface area contributed by atoms with Crippen LogP contribution in [0.4, 0.5) is 10.5 Å². The zero-order chi connectivity index (χ0) is 28.1. The van der Waals surface area contributed by atoms with Crippen molar-refractivity contribution >= 4 is 21.8 Å². The number of alkyl carbamates (subject to hydrolysis) is 1. The van der Waals surface area contributed by atoms with Crippen molar-refractivity contribution in [2.45, 2.75) is 74.1 Å². The average Bonchev–Trinajstić information content (AvgIpc) is 3.70. The number of rotatable bonds is 11. The monoisotopic (exact) mass is 575 g/mol. The van der Waals surface area contributed by atoms with Gasteiger partial charge in [0.05, 0.1) is 48.8 Å². The summed E-state index contributed by atoms with van der Waals surface area (Å²) in [6.07, 6.45) is 1.13. The Bertz CT molecular complexity index is 1220. The maximum absolute atomic E-state index is 13.6. The summed E-state index contributed by atoms with van der Waals surface area (Å²) in [7, 11) is -4.14. The predicted molar refractivity (Wildman–Crippen MR) is 145 cm³/mol. The lowest BCUT2D eigenvalue weighted by Gasteiger charge is -2.31. The Hall–Kier alpha value is -2.74. The molecule has 5 atom stereocenters. The predicted octanol–water partition coefficient (Wildman–Crippen LogP) is 2.59. The third-order valence-corrected chi connectivity index (χ3v) is 9.30. The molecule has 1 amide bonds. The van der Waals surface area contributed by atoms with Gasteiger partial charge in [-0.25, -0.2) is 13.2 Å². The summed E-state index contributed by atoms with van der Waals surface area (Å²) in [4.78, 5) is 19.0. The van der Waals surface area contributed by atoms with Gasteiger partial charge in [0.15, 0.2) is 6.29 Å². The minimum absolute atomic E-state index is 0.00607. The van der Waals surface area contributed by atoms with E-state index in [4.69, 9.17) is 24.8 Å². The van der Waals surface area contributed by atoms with Crippen molar-refractivity contribution in [1.29, 1.82) is 0 Å². The maximum Gasteiger partial charge on any atom is 0.407 e. The molecule has 0 bridgehead atoms. The smallest absolute Gasteiger partial charge is 0.407 e. The molecular weight excluding hydrogens is 538 g/mol. The van der Waals surface area contributed by atoms with Gasteiger partial charge >= 0.3 is 6.09 Å². The molecule has 3 fully saturated rings. The van der Waals surface area contributed by atoms with Crippen molar-refractivity contribution in [3.63, 3.8) is 0 Å². The lowest BCUT2D eigenvalue weighted by atomic mass is 10.0. The minimum Gasteiger partial charge on any atom is -0.443 e. The number of carbonyl (C=O) groups is 1. The highest BCUT2D eigenvalue weighted by atomic mass is 32.2. The number of hydroxylamine groups is 1. The van der Waals surface area contributed by atoms with E-state index in [1.54, 1.807) is 0 Å². The summed E-state index contributed by atoms with van der Waals surface area (Å²) < 4.78 is 44.8. The lowest BCUT2D eigenvalue weighted by molar-refractivity contribution is -0.145. The molecule has 2 aromatic rings. The molecule has 2 aliphatic heterocycles. The molecule has 0 aromatic heterocycles. The number of nitrogens with one attached hydrogen (secondary N) is 1.